The van der Waals surface area contributed by atoms with Crippen molar-refractivity contribution in [3.8, 4) is 0 Å². The maximum Gasteiger partial charge on any atom is 0.253 e. The first-order chi connectivity index (χ1) is 7.68. The number of halogens is 2. The topological polar surface area (TPSA) is 32.3 Å². The maximum atomic E-state index is 12.9. The molecule has 1 N–H and O–H groups in total. The molecule has 0 aliphatic carbocycles. The lowest BCUT2D eigenvalue weighted by molar-refractivity contribution is 0.0736. The lowest BCUT2D eigenvalue weighted by Crippen LogP contribution is -2.46. The zero-order valence-corrected chi connectivity index (χ0v) is 9.43. The molecule has 0 radical (unpaired) electrons. The fourth-order valence-corrected chi connectivity index (χ4v) is 1.86. The molecule has 5 heteroatoms. The van der Waals surface area contributed by atoms with Gasteiger partial charge >= 0.3 is 0 Å². The van der Waals surface area contributed by atoms with E-state index in [1.807, 2.05) is 0 Å². The van der Waals surface area contributed by atoms with Crippen molar-refractivity contribution in [2.24, 2.45) is 0 Å². The van der Waals surface area contributed by atoms with Crippen LogP contribution in [0.15, 0.2) is 18.2 Å². The summed E-state index contributed by atoms with van der Waals surface area (Å²) in [5.74, 6) is -0.595. The largest absolute Gasteiger partial charge is 0.336 e. The Kier molecular flexibility index (Phi) is 3.41. The number of amides is 1. The average Bonchev–Trinajstić information content (AvgIpc) is 2.33. The Balaban J connectivity index is 2.16. The first kappa shape index (κ1) is 11.4. The Morgan fingerprint density at radius 2 is 2.06 bits per heavy atom. The number of benzene rings is 1. The van der Waals surface area contributed by atoms with Gasteiger partial charge in [-0.25, -0.2) is 4.39 Å². The van der Waals surface area contributed by atoms with Gasteiger partial charge in [-0.1, -0.05) is 11.6 Å². The second kappa shape index (κ2) is 4.80. The van der Waals surface area contributed by atoms with Crippen LogP contribution in [-0.2, 0) is 0 Å². The maximum absolute atomic E-state index is 12.9. The van der Waals surface area contributed by atoms with E-state index in [1.54, 1.807) is 4.90 Å². The van der Waals surface area contributed by atoms with Crippen molar-refractivity contribution in [1.29, 1.82) is 0 Å². The summed E-state index contributed by atoms with van der Waals surface area (Å²) in [6.45, 7) is 2.93. The molecule has 0 aromatic heterocycles. The number of piperazine rings is 1. The van der Waals surface area contributed by atoms with Crippen molar-refractivity contribution in [3.05, 3.63) is 34.6 Å². The van der Waals surface area contributed by atoms with Gasteiger partial charge in [0, 0.05) is 31.7 Å². The fraction of sp³-hybridized carbons (Fsp3) is 0.364. The second-order valence-corrected chi connectivity index (χ2v) is 4.08. The van der Waals surface area contributed by atoms with Gasteiger partial charge in [-0.05, 0) is 18.2 Å². The Hall–Kier alpha value is -1.13. The molecule has 1 aliphatic heterocycles. The van der Waals surface area contributed by atoms with E-state index >= 15 is 0 Å². The van der Waals surface area contributed by atoms with Crippen molar-refractivity contribution in [2.75, 3.05) is 26.2 Å². The van der Waals surface area contributed by atoms with E-state index in [4.69, 9.17) is 11.6 Å². The van der Waals surface area contributed by atoms with Crippen LogP contribution in [0, 0.1) is 5.82 Å². The molecule has 1 heterocycles. The van der Waals surface area contributed by atoms with E-state index in [1.165, 1.54) is 18.2 Å². The van der Waals surface area contributed by atoms with Crippen LogP contribution in [0.4, 0.5) is 4.39 Å². The molecule has 0 spiro atoms. The van der Waals surface area contributed by atoms with Crippen LogP contribution in [0.1, 0.15) is 10.4 Å². The second-order valence-electron chi connectivity index (χ2n) is 3.67. The summed E-state index contributed by atoms with van der Waals surface area (Å²) in [4.78, 5) is 13.7. The minimum Gasteiger partial charge on any atom is -0.336 e. The Labute approximate surface area is 98.2 Å². The van der Waals surface area contributed by atoms with Crippen LogP contribution < -0.4 is 5.32 Å². The molecule has 1 fully saturated rings. The molecular formula is C11H12ClFN2O. The minimum absolute atomic E-state index is 0.0130. The van der Waals surface area contributed by atoms with Crippen LogP contribution in [0.2, 0.25) is 5.02 Å². The van der Waals surface area contributed by atoms with E-state index in [-0.39, 0.29) is 10.9 Å². The number of rotatable bonds is 1. The highest BCUT2D eigenvalue weighted by atomic mass is 35.5. The van der Waals surface area contributed by atoms with E-state index in [9.17, 15) is 9.18 Å². The molecule has 3 nitrogen and oxygen atoms in total. The summed E-state index contributed by atoms with van der Waals surface area (Å²) in [7, 11) is 0. The lowest BCUT2D eigenvalue weighted by atomic mass is 10.2. The number of hydrogen-bond donors (Lipinski definition) is 1. The van der Waals surface area contributed by atoms with Crippen molar-refractivity contribution < 1.29 is 9.18 Å². The summed E-state index contributed by atoms with van der Waals surface area (Å²) < 4.78 is 12.9. The molecule has 0 bridgehead atoms. The molecule has 1 amide bonds. The van der Waals surface area contributed by atoms with Gasteiger partial charge in [-0.15, -0.1) is 0 Å². The molecule has 1 aromatic rings. The molecule has 1 aliphatic rings. The number of carbonyl (C=O) groups is 1. The van der Waals surface area contributed by atoms with Crippen molar-refractivity contribution in [3.63, 3.8) is 0 Å². The molecular weight excluding hydrogens is 231 g/mol. The predicted octanol–water partition coefficient (Wildman–Crippen LogP) is 1.52. The highest BCUT2D eigenvalue weighted by Gasteiger charge is 2.18. The first-order valence-corrected chi connectivity index (χ1v) is 5.51. The van der Waals surface area contributed by atoms with Gasteiger partial charge in [0.05, 0.1) is 5.02 Å². The summed E-state index contributed by atoms with van der Waals surface area (Å²) >= 11 is 5.64. The number of hydrogen-bond acceptors (Lipinski definition) is 2. The standard InChI is InChI=1S/C11H12ClFN2O/c12-9-7-8(1-2-10(9)13)11(16)15-5-3-14-4-6-15/h1-2,7,14H,3-6H2. The van der Waals surface area contributed by atoms with Crippen molar-refractivity contribution in [1.82, 2.24) is 10.2 Å². The molecule has 16 heavy (non-hydrogen) atoms. The van der Waals surface area contributed by atoms with Gasteiger partial charge in [0.25, 0.3) is 5.91 Å². The zero-order chi connectivity index (χ0) is 11.5. The summed E-state index contributed by atoms with van der Waals surface area (Å²) in [5, 5.41) is 3.15. The lowest BCUT2D eigenvalue weighted by Gasteiger charge is -2.27. The normalized spacial score (nSPS) is 16.2. The summed E-state index contributed by atoms with van der Waals surface area (Å²) in [5.41, 5.74) is 0.438. The Bertz CT molecular complexity index is 405. The molecule has 1 aromatic carbocycles. The van der Waals surface area contributed by atoms with Gasteiger partial charge in [0.1, 0.15) is 5.82 Å². The van der Waals surface area contributed by atoms with Crippen LogP contribution in [0.3, 0.4) is 0 Å². The third-order valence-corrected chi connectivity index (χ3v) is 2.86. The summed E-state index contributed by atoms with van der Waals surface area (Å²) in [6, 6.07) is 4.06. The van der Waals surface area contributed by atoms with E-state index < -0.39 is 5.82 Å². The third-order valence-electron chi connectivity index (χ3n) is 2.57. The van der Waals surface area contributed by atoms with E-state index in [0.29, 0.717) is 18.7 Å². The highest BCUT2D eigenvalue weighted by molar-refractivity contribution is 6.31. The number of carbonyl (C=O) groups excluding carboxylic acids is 1. The number of nitrogens with one attached hydrogen (secondary N) is 1. The predicted molar refractivity (Wildman–Crippen MR) is 60.2 cm³/mol. The van der Waals surface area contributed by atoms with Crippen LogP contribution >= 0.6 is 11.6 Å². The van der Waals surface area contributed by atoms with Gasteiger partial charge in [0.15, 0.2) is 0 Å². The molecule has 2 rings (SSSR count). The van der Waals surface area contributed by atoms with Crippen LogP contribution in [0.25, 0.3) is 0 Å². The van der Waals surface area contributed by atoms with Crippen LogP contribution in [-0.4, -0.2) is 37.0 Å². The quantitative estimate of drug-likeness (QED) is 0.810. The van der Waals surface area contributed by atoms with Gasteiger partial charge in [0.2, 0.25) is 0 Å². The summed E-state index contributed by atoms with van der Waals surface area (Å²) in [6.07, 6.45) is 0. The molecule has 0 unspecified atom stereocenters. The Morgan fingerprint density at radius 1 is 1.38 bits per heavy atom. The third kappa shape index (κ3) is 2.33. The molecule has 0 saturated carbocycles. The highest BCUT2D eigenvalue weighted by Crippen LogP contribution is 2.17. The van der Waals surface area contributed by atoms with E-state index in [0.717, 1.165) is 13.1 Å². The molecule has 0 atom stereocenters. The van der Waals surface area contributed by atoms with E-state index in [2.05, 4.69) is 5.32 Å². The average molecular weight is 243 g/mol. The Morgan fingerprint density at radius 3 is 2.69 bits per heavy atom. The fourth-order valence-electron chi connectivity index (χ4n) is 1.68. The zero-order valence-electron chi connectivity index (χ0n) is 8.67. The molecule has 86 valence electrons. The van der Waals surface area contributed by atoms with Crippen molar-refractivity contribution in [2.45, 2.75) is 0 Å². The first-order valence-electron chi connectivity index (χ1n) is 5.13. The van der Waals surface area contributed by atoms with Gasteiger partial charge in [-0.2, -0.15) is 0 Å². The van der Waals surface area contributed by atoms with Gasteiger partial charge in [-0.3, -0.25) is 4.79 Å². The monoisotopic (exact) mass is 242 g/mol. The minimum atomic E-state index is -0.501. The molecule has 1 saturated heterocycles. The van der Waals surface area contributed by atoms with Crippen molar-refractivity contribution >= 4 is 17.5 Å². The van der Waals surface area contributed by atoms with Gasteiger partial charge < -0.3 is 10.2 Å². The SMILES string of the molecule is O=C(c1ccc(F)c(Cl)c1)N1CCNCC1. The smallest absolute Gasteiger partial charge is 0.253 e. The van der Waals surface area contributed by atoms with Crippen LogP contribution in [0.5, 0.6) is 0 Å². The number of nitrogens with zero attached hydrogens (tertiary/aromatic N) is 1.